The van der Waals surface area contributed by atoms with Crippen LogP contribution in [0.25, 0.3) is 12.2 Å². The molecule has 0 N–H and O–H groups in total. The lowest BCUT2D eigenvalue weighted by Gasteiger charge is -2.14. The third-order valence-electron chi connectivity index (χ3n) is 3.50. The Morgan fingerprint density at radius 1 is 0.952 bits per heavy atom. The smallest absolute Gasteiger partial charge is 0.106 e. The minimum Gasteiger partial charge on any atom is -0.307 e. The molecule has 1 atom stereocenters. The predicted molar refractivity (Wildman–Crippen MR) is 92.3 cm³/mol. The first-order valence-corrected chi connectivity index (χ1v) is 6.96. The van der Waals surface area contributed by atoms with Crippen LogP contribution in [-0.2, 0) is 11.2 Å². The summed E-state index contributed by atoms with van der Waals surface area (Å²) in [5.74, 6) is 0.500. The summed E-state index contributed by atoms with van der Waals surface area (Å²) in [6.45, 7) is 12.0. The zero-order valence-electron chi connectivity index (χ0n) is 12.6. The monoisotopic (exact) mass is 278 g/mol. The predicted octanol–water partition coefficient (Wildman–Crippen LogP) is 5.13. The molecule has 1 unspecified atom stereocenters. The molecule has 0 aliphatic rings. The van der Waals surface area contributed by atoms with E-state index in [-0.39, 0.29) is 0 Å². The Morgan fingerprint density at radius 3 is 2.14 bits per heavy atom. The lowest BCUT2D eigenvalue weighted by atomic mass is 9.91. The Labute approximate surface area is 127 Å². The van der Waals surface area contributed by atoms with Crippen molar-refractivity contribution in [2.24, 2.45) is 0 Å². The van der Waals surface area contributed by atoms with Crippen molar-refractivity contribution in [3.63, 3.8) is 0 Å². The van der Waals surface area contributed by atoms with Gasteiger partial charge in [0.15, 0.2) is 0 Å². The van der Waals surface area contributed by atoms with Gasteiger partial charge >= 0.3 is 0 Å². The number of hydrogen-bond donors (Lipinski definition) is 0. The highest BCUT2D eigenvalue weighted by Crippen LogP contribution is 2.24. The molecule has 0 saturated carbocycles. The Balaban J connectivity index is 0.00000106. The summed E-state index contributed by atoms with van der Waals surface area (Å²) in [5, 5.41) is 0. The summed E-state index contributed by atoms with van der Waals surface area (Å²) in [4.78, 5) is 8.00. The average Bonchev–Trinajstić information content (AvgIpc) is 2.56. The summed E-state index contributed by atoms with van der Waals surface area (Å²) < 4.78 is 0. The van der Waals surface area contributed by atoms with Crippen molar-refractivity contribution in [1.82, 2.24) is 0 Å². The number of rotatable bonds is 5. The maximum atomic E-state index is 8.00. The van der Waals surface area contributed by atoms with E-state index in [2.05, 4.69) is 68.6 Å². The average molecular weight is 278 g/mol. The largest absolute Gasteiger partial charge is 0.307 e. The molecule has 108 valence electrons. The second kappa shape index (κ2) is 8.70. The molecule has 0 fully saturated rings. The minimum absolute atomic E-state index is 0.500. The van der Waals surface area contributed by atoms with E-state index in [1.165, 1.54) is 11.1 Å². The maximum Gasteiger partial charge on any atom is 0.106 e. The molecule has 2 aromatic carbocycles. The minimum atomic E-state index is 0.500. The van der Waals surface area contributed by atoms with Crippen molar-refractivity contribution in [2.75, 3.05) is 0 Å². The normalized spacial score (nSPS) is 10.9. The van der Waals surface area contributed by atoms with Crippen LogP contribution < -0.4 is 0 Å². The van der Waals surface area contributed by atoms with Gasteiger partial charge in [0, 0.05) is 0 Å². The first-order valence-electron chi connectivity index (χ1n) is 6.96. The van der Waals surface area contributed by atoms with Gasteiger partial charge in [0.05, 0.1) is 0 Å². The van der Waals surface area contributed by atoms with Crippen molar-refractivity contribution in [1.29, 1.82) is 0 Å². The summed E-state index contributed by atoms with van der Waals surface area (Å²) in [6.07, 6.45) is 4.84. The van der Waals surface area contributed by atoms with Gasteiger partial charge in [-0.25, -0.2) is 0 Å². The highest BCUT2D eigenvalue weighted by Gasteiger charge is 2.08. The van der Waals surface area contributed by atoms with Gasteiger partial charge in [0.25, 0.3) is 0 Å². The summed E-state index contributed by atoms with van der Waals surface area (Å²) >= 11 is 0. The Morgan fingerprint density at radius 2 is 1.57 bits per heavy atom. The number of hydrogen-bond acceptors (Lipinski definition) is 1. The molecule has 1 heteroatoms. The third-order valence-corrected chi connectivity index (χ3v) is 3.50. The first kappa shape index (κ1) is 16.6. The maximum absolute atomic E-state index is 8.00. The molecular formula is C20H22O. The van der Waals surface area contributed by atoms with Crippen molar-refractivity contribution >= 4 is 18.9 Å². The van der Waals surface area contributed by atoms with Gasteiger partial charge in [-0.3, -0.25) is 0 Å². The van der Waals surface area contributed by atoms with Gasteiger partial charge in [0.2, 0.25) is 0 Å². The molecule has 2 aromatic rings. The Hall–Kier alpha value is -2.41. The van der Waals surface area contributed by atoms with E-state index in [4.69, 9.17) is 4.79 Å². The van der Waals surface area contributed by atoms with Gasteiger partial charge in [-0.2, -0.15) is 0 Å². The van der Waals surface area contributed by atoms with Crippen LogP contribution in [0.15, 0.2) is 61.7 Å². The standard InChI is InChI=1S/C19H20.CH2O/c1-4-17-11-12-19(14-18(17)5-2)15(3)13-16-9-7-6-8-10-16;1-2/h4-12,14-15H,1-2,13H2,3H3;1H2. The molecule has 0 aliphatic heterocycles. The molecule has 0 heterocycles. The molecule has 0 amide bonds. The van der Waals surface area contributed by atoms with Crippen LogP contribution in [0.2, 0.25) is 0 Å². The molecule has 0 saturated heterocycles. The van der Waals surface area contributed by atoms with E-state index in [1.807, 2.05) is 18.9 Å². The highest BCUT2D eigenvalue weighted by atomic mass is 16.1. The van der Waals surface area contributed by atoms with E-state index in [0.717, 1.165) is 17.5 Å². The fraction of sp³-hybridized carbons (Fsp3) is 0.150. The Bertz CT molecular complexity index is 584. The van der Waals surface area contributed by atoms with Crippen molar-refractivity contribution in [3.8, 4) is 0 Å². The number of carbonyl (C=O) groups excluding carboxylic acids is 1. The zero-order chi connectivity index (χ0) is 15.7. The Kier molecular flexibility index (Phi) is 6.90. The van der Waals surface area contributed by atoms with Gasteiger partial charge in [-0.15, -0.1) is 0 Å². The van der Waals surface area contributed by atoms with E-state index in [0.29, 0.717) is 5.92 Å². The SMILES string of the molecule is C=Cc1ccc(C(C)Cc2ccccc2)cc1C=C.C=O. The summed E-state index contributed by atoms with van der Waals surface area (Å²) in [7, 11) is 0. The second-order valence-corrected chi connectivity index (χ2v) is 4.89. The fourth-order valence-electron chi connectivity index (χ4n) is 2.35. The number of benzene rings is 2. The van der Waals surface area contributed by atoms with Crippen molar-refractivity contribution < 1.29 is 4.79 Å². The lowest BCUT2D eigenvalue weighted by Crippen LogP contribution is -1.99. The van der Waals surface area contributed by atoms with Gasteiger partial charge in [0.1, 0.15) is 6.79 Å². The molecule has 0 spiro atoms. The van der Waals surface area contributed by atoms with Crippen molar-refractivity contribution in [3.05, 3.63) is 83.9 Å². The molecule has 1 nitrogen and oxygen atoms in total. The lowest BCUT2D eigenvalue weighted by molar-refractivity contribution is -0.0979. The van der Waals surface area contributed by atoms with E-state index in [9.17, 15) is 0 Å². The second-order valence-electron chi connectivity index (χ2n) is 4.89. The van der Waals surface area contributed by atoms with Gasteiger partial charge in [-0.1, -0.05) is 80.8 Å². The number of carbonyl (C=O) groups is 1. The molecule has 0 aromatic heterocycles. The fourth-order valence-corrected chi connectivity index (χ4v) is 2.35. The van der Waals surface area contributed by atoms with Gasteiger partial charge in [-0.05, 0) is 34.6 Å². The first-order chi connectivity index (χ1) is 10.2. The van der Waals surface area contributed by atoms with Crippen LogP contribution in [-0.4, -0.2) is 6.79 Å². The third kappa shape index (κ3) is 4.57. The molecule has 0 bridgehead atoms. The molecule has 0 radical (unpaired) electrons. The topological polar surface area (TPSA) is 17.1 Å². The van der Waals surface area contributed by atoms with Gasteiger partial charge < -0.3 is 4.79 Å². The van der Waals surface area contributed by atoms with E-state index >= 15 is 0 Å². The van der Waals surface area contributed by atoms with Crippen LogP contribution in [0.4, 0.5) is 0 Å². The van der Waals surface area contributed by atoms with Crippen molar-refractivity contribution in [2.45, 2.75) is 19.3 Å². The van der Waals surface area contributed by atoms with E-state index < -0.39 is 0 Å². The molecule has 21 heavy (non-hydrogen) atoms. The quantitative estimate of drug-likeness (QED) is 0.740. The highest BCUT2D eigenvalue weighted by molar-refractivity contribution is 5.64. The van der Waals surface area contributed by atoms with Crippen LogP contribution in [0.5, 0.6) is 0 Å². The van der Waals surface area contributed by atoms with Crippen LogP contribution in [0.1, 0.15) is 35.1 Å². The van der Waals surface area contributed by atoms with Crippen LogP contribution in [0, 0.1) is 0 Å². The summed E-state index contributed by atoms with van der Waals surface area (Å²) in [6, 6.07) is 17.2. The zero-order valence-corrected chi connectivity index (χ0v) is 12.6. The molecule has 0 aliphatic carbocycles. The molecular weight excluding hydrogens is 256 g/mol. The molecule has 2 rings (SSSR count). The van der Waals surface area contributed by atoms with E-state index in [1.54, 1.807) is 0 Å². The van der Waals surface area contributed by atoms with Crippen LogP contribution in [0.3, 0.4) is 0 Å². The summed E-state index contributed by atoms with van der Waals surface area (Å²) in [5.41, 5.74) is 5.03. The van der Waals surface area contributed by atoms with Crippen LogP contribution >= 0.6 is 0 Å².